The van der Waals surface area contributed by atoms with Crippen LogP contribution in [0.5, 0.6) is 11.6 Å². The number of carboxylic acids is 1. The first-order valence-corrected chi connectivity index (χ1v) is 5.70. The van der Waals surface area contributed by atoms with Crippen LogP contribution < -0.4 is 4.74 Å². The fourth-order valence-corrected chi connectivity index (χ4v) is 1.52. The number of halogens is 1. The molecule has 1 aromatic carbocycles. The maximum atomic E-state index is 13.4. The highest BCUT2D eigenvalue weighted by molar-refractivity contribution is 5.88. The van der Waals surface area contributed by atoms with Gasteiger partial charge in [-0.25, -0.2) is 14.2 Å². The number of aromatic nitrogens is 1. The summed E-state index contributed by atoms with van der Waals surface area (Å²) in [6.45, 7) is 1.56. The van der Waals surface area contributed by atoms with E-state index in [0.29, 0.717) is 5.56 Å². The molecule has 0 amide bonds. The van der Waals surface area contributed by atoms with Crippen LogP contribution in [0.2, 0.25) is 0 Å². The number of carboxylic acid groups (broad SMARTS) is 1. The summed E-state index contributed by atoms with van der Waals surface area (Å²) >= 11 is 0. The van der Waals surface area contributed by atoms with Crippen molar-refractivity contribution < 1.29 is 24.0 Å². The molecule has 2 aromatic rings. The standard InChI is InChI=1S/C13H9FN2O5/c1-7-2-3-9(5-10(7)14)21-12-11(16(19)20)4-8(6-15-12)13(17)18/h2-6H,1H3,(H,17,18). The highest BCUT2D eigenvalue weighted by Gasteiger charge is 2.21. The van der Waals surface area contributed by atoms with E-state index in [9.17, 15) is 19.3 Å². The van der Waals surface area contributed by atoms with Crippen LogP contribution in [-0.4, -0.2) is 21.0 Å². The van der Waals surface area contributed by atoms with Crippen LogP contribution in [0.15, 0.2) is 30.5 Å². The Morgan fingerprint density at radius 2 is 2.14 bits per heavy atom. The number of nitro groups is 1. The average Bonchev–Trinajstić information content (AvgIpc) is 2.43. The van der Waals surface area contributed by atoms with E-state index in [2.05, 4.69) is 4.98 Å². The van der Waals surface area contributed by atoms with E-state index in [0.717, 1.165) is 18.3 Å². The van der Waals surface area contributed by atoms with Crippen molar-refractivity contribution in [2.24, 2.45) is 0 Å². The summed E-state index contributed by atoms with van der Waals surface area (Å²) in [5, 5.41) is 19.7. The Morgan fingerprint density at radius 3 is 2.71 bits per heavy atom. The average molecular weight is 292 g/mol. The summed E-state index contributed by atoms with van der Waals surface area (Å²) in [6, 6.07) is 4.76. The van der Waals surface area contributed by atoms with Gasteiger partial charge in [0.05, 0.1) is 10.5 Å². The molecule has 0 saturated carbocycles. The zero-order valence-electron chi connectivity index (χ0n) is 10.7. The molecule has 0 saturated heterocycles. The number of hydrogen-bond donors (Lipinski definition) is 1. The lowest BCUT2D eigenvalue weighted by atomic mass is 10.2. The number of aromatic carboxylic acids is 1. The van der Waals surface area contributed by atoms with Gasteiger partial charge < -0.3 is 9.84 Å². The van der Waals surface area contributed by atoms with Gasteiger partial charge in [0, 0.05) is 18.3 Å². The first kappa shape index (κ1) is 14.4. The van der Waals surface area contributed by atoms with Gasteiger partial charge in [-0.3, -0.25) is 10.1 Å². The summed E-state index contributed by atoms with van der Waals surface area (Å²) in [5.74, 6) is -2.26. The lowest BCUT2D eigenvalue weighted by Gasteiger charge is -2.06. The van der Waals surface area contributed by atoms with Crippen LogP contribution in [0.25, 0.3) is 0 Å². The third kappa shape index (κ3) is 3.11. The number of benzene rings is 1. The molecule has 7 nitrogen and oxygen atoms in total. The summed E-state index contributed by atoms with van der Waals surface area (Å²) < 4.78 is 18.6. The minimum Gasteiger partial charge on any atom is -0.478 e. The van der Waals surface area contributed by atoms with E-state index < -0.39 is 28.3 Å². The largest absolute Gasteiger partial charge is 0.478 e. The molecule has 0 atom stereocenters. The number of nitrogens with zero attached hydrogens (tertiary/aromatic N) is 2. The van der Waals surface area contributed by atoms with Gasteiger partial charge in [-0.15, -0.1) is 0 Å². The van der Waals surface area contributed by atoms with Crippen LogP contribution in [0, 0.1) is 22.9 Å². The van der Waals surface area contributed by atoms with Gasteiger partial charge in [-0.1, -0.05) is 6.07 Å². The van der Waals surface area contributed by atoms with E-state index >= 15 is 0 Å². The smallest absolute Gasteiger partial charge is 0.337 e. The molecular formula is C13H9FN2O5. The van der Waals surface area contributed by atoms with Crippen molar-refractivity contribution in [1.29, 1.82) is 0 Å². The van der Waals surface area contributed by atoms with Crippen LogP contribution in [-0.2, 0) is 0 Å². The summed E-state index contributed by atoms with van der Waals surface area (Å²) in [4.78, 5) is 24.5. The maximum Gasteiger partial charge on any atom is 0.337 e. The molecule has 21 heavy (non-hydrogen) atoms. The second-order valence-electron chi connectivity index (χ2n) is 4.12. The molecule has 1 heterocycles. The first-order valence-electron chi connectivity index (χ1n) is 5.70. The SMILES string of the molecule is Cc1ccc(Oc2ncc(C(=O)O)cc2[N+](=O)[O-])cc1F. The summed E-state index contributed by atoms with van der Waals surface area (Å²) in [5.41, 5.74) is -0.564. The molecule has 8 heteroatoms. The Bertz CT molecular complexity index is 732. The number of rotatable bonds is 4. The van der Waals surface area contributed by atoms with Crippen LogP contribution >= 0.6 is 0 Å². The first-order chi connectivity index (χ1) is 9.88. The van der Waals surface area contributed by atoms with E-state index in [1.165, 1.54) is 12.1 Å². The molecule has 1 N–H and O–H groups in total. The fraction of sp³-hybridized carbons (Fsp3) is 0.0769. The van der Waals surface area contributed by atoms with Crippen molar-refractivity contribution in [3.05, 3.63) is 57.5 Å². The minimum atomic E-state index is -1.35. The second-order valence-corrected chi connectivity index (χ2v) is 4.12. The Kier molecular flexibility index (Phi) is 3.79. The Hall–Kier alpha value is -3.03. The third-order valence-electron chi connectivity index (χ3n) is 2.63. The van der Waals surface area contributed by atoms with Gasteiger partial charge in [0.2, 0.25) is 0 Å². The summed E-state index contributed by atoms with van der Waals surface area (Å²) in [7, 11) is 0. The number of pyridine rings is 1. The monoisotopic (exact) mass is 292 g/mol. The van der Waals surface area contributed by atoms with Crippen LogP contribution in [0.1, 0.15) is 15.9 Å². The molecule has 0 aliphatic carbocycles. The highest BCUT2D eigenvalue weighted by atomic mass is 19.1. The van der Waals surface area contributed by atoms with Crippen molar-refractivity contribution in [2.75, 3.05) is 0 Å². The Morgan fingerprint density at radius 1 is 1.43 bits per heavy atom. The zero-order valence-corrected chi connectivity index (χ0v) is 10.7. The van der Waals surface area contributed by atoms with Crippen molar-refractivity contribution in [1.82, 2.24) is 4.98 Å². The molecule has 0 aliphatic heterocycles. The van der Waals surface area contributed by atoms with E-state index in [4.69, 9.17) is 9.84 Å². The molecule has 2 rings (SSSR count). The lowest BCUT2D eigenvalue weighted by molar-refractivity contribution is -0.386. The topological polar surface area (TPSA) is 103 Å². The van der Waals surface area contributed by atoms with E-state index in [1.54, 1.807) is 6.92 Å². The molecule has 0 radical (unpaired) electrons. The van der Waals surface area contributed by atoms with Gasteiger partial charge >= 0.3 is 11.7 Å². The molecule has 108 valence electrons. The van der Waals surface area contributed by atoms with Gasteiger partial charge in [-0.05, 0) is 18.6 Å². The summed E-state index contributed by atoms with van der Waals surface area (Å²) in [6.07, 6.45) is 0.926. The normalized spacial score (nSPS) is 10.2. The lowest BCUT2D eigenvalue weighted by Crippen LogP contribution is -2.02. The van der Waals surface area contributed by atoms with E-state index in [-0.39, 0.29) is 11.3 Å². The molecule has 0 bridgehead atoms. The predicted molar refractivity (Wildman–Crippen MR) is 69.1 cm³/mol. The molecule has 0 aliphatic rings. The van der Waals surface area contributed by atoms with Gasteiger partial charge in [-0.2, -0.15) is 0 Å². The van der Waals surface area contributed by atoms with Crippen molar-refractivity contribution in [3.63, 3.8) is 0 Å². The maximum absolute atomic E-state index is 13.4. The predicted octanol–water partition coefficient (Wildman–Crippen LogP) is 2.93. The number of carbonyl (C=O) groups is 1. The number of aryl methyl sites for hydroxylation is 1. The second kappa shape index (κ2) is 5.53. The van der Waals surface area contributed by atoms with Gasteiger partial charge in [0.25, 0.3) is 5.88 Å². The molecular weight excluding hydrogens is 283 g/mol. The fourth-order valence-electron chi connectivity index (χ4n) is 1.52. The number of ether oxygens (including phenoxy) is 1. The van der Waals surface area contributed by atoms with Crippen molar-refractivity contribution in [2.45, 2.75) is 6.92 Å². The van der Waals surface area contributed by atoms with E-state index in [1.807, 2.05) is 0 Å². The molecule has 0 fully saturated rings. The molecule has 0 unspecified atom stereocenters. The quantitative estimate of drug-likeness (QED) is 0.686. The van der Waals surface area contributed by atoms with Gasteiger partial charge in [0.1, 0.15) is 11.6 Å². The number of hydrogen-bond acceptors (Lipinski definition) is 5. The van der Waals surface area contributed by atoms with Crippen LogP contribution in [0.4, 0.5) is 10.1 Å². The highest BCUT2D eigenvalue weighted by Crippen LogP contribution is 2.30. The minimum absolute atomic E-state index is 0.0248. The van der Waals surface area contributed by atoms with Crippen LogP contribution in [0.3, 0.4) is 0 Å². The Balaban J connectivity index is 2.41. The van der Waals surface area contributed by atoms with Crippen molar-refractivity contribution >= 4 is 11.7 Å². The Labute approximate surface area is 117 Å². The molecule has 0 spiro atoms. The zero-order chi connectivity index (χ0) is 15.6. The third-order valence-corrected chi connectivity index (χ3v) is 2.63. The van der Waals surface area contributed by atoms with Gasteiger partial charge in [0.15, 0.2) is 0 Å². The van der Waals surface area contributed by atoms with Crippen molar-refractivity contribution in [3.8, 4) is 11.6 Å². The molecule has 1 aromatic heterocycles.